The normalized spacial score (nSPS) is 11.5. The monoisotopic (exact) mass is 336 g/mol. The minimum atomic E-state index is -1.51. The third kappa shape index (κ3) is 2.18. The average molecular weight is 336 g/mol. The summed E-state index contributed by atoms with van der Waals surface area (Å²) in [6.45, 7) is 0. The first-order valence-electron chi connectivity index (χ1n) is 6.39. The van der Waals surface area contributed by atoms with Gasteiger partial charge in [-0.3, -0.25) is 4.68 Å². The van der Waals surface area contributed by atoms with Gasteiger partial charge in [0.25, 0.3) is 0 Å². The van der Waals surface area contributed by atoms with Crippen LogP contribution in [0.1, 0.15) is 0 Å². The van der Waals surface area contributed by atoms with Crippen LogP contribution in [-0.4, -0.2) is 29.6 Å². The van der Waals surface area contributed by atoms with E-state index >= 15 is 0 Å². The average Bonchev–Trinajstić information content (AvgIpc) is 3.19. The minimum absolute atomic E-state index is 0.133. The van der Waals surface area contributed by atoms with E-state index in [0.717, 1.165) is 23.5 Å². The van der Waals surface area contributed by atoms with Gasteiger partial charge < -0.3 is 0 Å². The Hall–Kier alpha value is -2.75. The van der Waals surface area contributed by atoms with Crippen molar-refractivity contribution in [2.45, 2.75) is 0 Å². The van der Waals surface area contributed by atoms with Crippen molar-refractivity contribution in [2.75, 3.05) is 0 Å². The summed E-state index contributed by atoms with van der Waals surface area (Å²) in [5.41, 5.74) is 0.836. The Balaban J connectivity index is 1.86. The molecule has 1 aromatic carbocycles. The second-order valence-corrected chi connectivity index (χ2v) is 5.74. The zero-order valence-electron chi connectivity index (χ0n) is 11.5. The van der Waals surface area contributed by atoms with Crippen molar-refractivity contribution in [3.8, 4) is 22.0 Å². The van der Waals surface area contributed by atoms with Crippen molar-refractivity contribution >= 4 is 16.3 Å². The van der Waals surface area contributed by atoms with Gasteiger partial charge in [-0.15, -0.1) is 10.2 Å². The number of fused-ring (bicyclic) bond motifs is 1. The number of aryl methyl sites for hydroxylation is 1. The molecule has 3 heterocycles. The van der Waals surface area contributed by atoms with Gasteiger partial charge in [-0.2, -0.15) is 14.7 Å². The predicted octanol–water partition coefficient (Wildman–Crippen LogP) is 2.67. The summed E-state index contributed by atoms with van der Waals surface area (Å²) in [5, 5.41) is 16.6. The summed E-state index contributed by atoms with van der Waals surface area (Å²) in [6, 6.07) is 1.79. The predicted molar refractivity (Wildman–Crippen MR) is 76.2 cm³/mol. The molecule has 0 aliphatic heterocycles. The summed E-state index contributed by atoms with van der Waals surface area (Å²) in [5.74, 6) is -3.58. The molecule has 0 radical (unpaired) electrons. The van der Waals surface area contributed by atoms with Crippen molar-refractivity contribution in [3.63, 3.8) is 0 Å². The molecule has 4 aromatic rings. The highest BCUT2D eigenvalue weighted by atomic mass is 32.1. The summed E-state index contributed by atoms with van der Waals surface area (Å²) in [7, 11) is 1.76. The lowest BCUT2D eigenvalue weighted by Gasteiger charge is -1.99. The molecule has 0 aliphatic rings. The smallest absolute Gasteiger partial charge is 0.235 e. The van der Waals surface area contributed by atoms with Gasteiger partial charge in [-0.25, -0.2) is 13.2 Å². The number of rotatable bonds is 2. The van der Waals surface area contributed by atoms with Crippen molar-refractivity contribution < 1.29 is 13.2 Å². The van der Waals surface area contributed by atoms with Crippen LogP contribution in [0.2, 0.25) is 0 Å². The number of hydrogen-bond donors (Lipinski definition) is 0. The first-order valence-corrected chi connectivity index (χ1v) is 7.21. The van der Waals surface area contributed by atoms with E-state index < -0.39 is 17.5 Å². The van der Waals surface area contributed by atoms with Crippen LogP contribution in [0.4, 0.5) is 13.2 Å². The van der Waals surface area contributed by atoms with E-state index in [1.54, 1.807) is 24.1 Å². The summed E-state index contributed by atoms with van der Waals surface area (Å²) >= 11 is 1.09. The van der Waals surface area contributed by atoms with E-state index in [-0.39, 0.29) is 5.56 Å². The number of halogens is 3. The zero-order chi connectivity index (χ0) is 16.1. The maximum atomic E-state index is 13.4. The molecular weight excluding hydrogens is 329 g/mol. The molecule has 0 spiro atoms. The van der Waals surface area contributed by atoms with Crippen molar-refractivity contribution in [1.29, 1.82) is 0 Å². The Kier molecular flexibility index (Phi) is 2.94. The molecule has 116 valence electrons. The SMILES string of the molecule is Cn1cc(-c2nnc3sc(-c4cc(F)c(F)c(F)c4)nn23)cn1. The first-order chi connectivity index (χ1) is 11.0. The molecule has 0 N–H and O–H groups in total. The fourth-order valence-corrected chi connectivity index (χ4v) is 2.96. The lowest BCUT2D eigenvalue weighted by molar-refractivity contribution is 0.447. The molecule has 0 amide bonds. The van der Waals surface area contributed by atoms with E-state index in [9.17, 15) is 13.2 Å². The molecule has 0 unspecified atom stereocenters. The Bertz CT molecular complexity index is 1010. The number of aromatic nitrogens is 6. The Morgan fingerprint density at radius 1 is 1.04 bits per heavy atom. The van der Waals surface area contributed by atoms with Crippen LogP contribution < -0.4 is 0 Å². The maximum absolute atomic E-state index is 13.4. The second kappa shape index (κ2) is 4.88. The van der Waals surface area contributed by atoms with Gasteiger partial charge in [0.2, 0.25) is 4.96 Å². The summed E-state index contributed by atoms with van der Waals surface area (Å²) in [4.78, 5) is 0.448. The van der Waals surface area contributed by atoms with Crippen molar-refractivity contribution in [3.05, 3.63) is 42.0 Å². The van der Waals surface area contributed by atoms with E-state index in [0.29, 0.717) is 21.4 Å². The van der Waals surface area contributed by atoms with Gasteiger partial charge in [-0.1, -0.05) is 11.3 Å². The fourth-order valence-electron chi connectivity index (χ4n) is 2.13. The van der Waals surface area contributed by atoms with Crippen molar-refractivity contribution in [2.24, 2.45) is 7.05 Å². The third-order valence-corrected chi connectivity index (χ3v) is 4.13. The standard InChI is InChI=1S/C13H7F3N6S/c1-21-5-7(4-17-21)11-18-19-13-22(11)20-12(23-13)6-2-8(14)10(16)9(15)3-6/h2-5H,1H3. The molecular formula is C13H7F3N6S. The molecule has 4 rings (SSSR count). The molecule has 0 saturated heterocycles. The Morgan fingerprint density at radius 3 is 2.43 bits per heavy atom. The van der Waals surface area contributed by atoms with Gasteiger partial charge in [-0.05, 0) is 12.1 Å². The van der Waals surface area contributed by atoms with Gasteiger partial charge in [0.1, 0.15) is 5.01 Å². The second-order valence-electron chi connectivity index (χ2n) is 4.78. The zero-order valence-corrected chi connectivity index (χ0v) is 12.4. The molecule has 0 atom stereocenters. The van der Waals surface area contributed by atoms with Crippen LogP contribution in [0.25, 0.3) is 26.9 Å². The fraction of sp³-hybridized carbons (Fsp3) is 0.0769. The van der Waals surface area contributed by atoms with E-state index in [1.807, 2.05) is 0 Å². The molecule has 0 bridgehead atoms. The van der Waals surface area contributed by atoms with Crippen LogP contribution >= 0.6 is 11.3 Å². The minimum Gasteiger partial charge on any atom is -0.275 e. The van der Waals surface area contributed by atoms with Gasteiger partial charge >= 0.3 is 0 Å². The molecule has 3 aromatic heterocycles. The van der Waals surface area contributed by atoms with Gasteiger partial charge in [0.15, 0.2) is 23.3 Å². The molecule has 23 heavy (non-hydrogen) atoms. The number of benzene rings is 1. The first kappa shape index (κ1) is 13.9. The summed E-state index contributed by atoms with van der Waals surface area (Å²) < 4.78 is 42.9. The quantitative estimate of drug-likeness (QED) is 0.528. The molecule has 6 nitrogen and oxygen atoms in total. The molecule has 0 saturated carbocycles. The van der Waals surface area contributed by atoms with E-state index in [2.05, 4.69) is 20.4 Å². The highest BCUT2D eigenvalue weighted by Gasteiger charge is 2.18. The van der Waals surface area contributed by atoms with E-state index in [1.165, 1.54) is 4.52 Å². The van der Waals surface area contributed by atoms with Crippen LogP contribution in [0.15, 0.2) is 24.5 Å². The topological polar surface area (TPSA) is 60.9 Å². The molecule has 0 fully saturated rings. The van der Waals surface area contributed by atoms with Crippen molar-refractivity contribution in [1.82, 2.24) is 29.6 Å². The highest BCUT2D eigenvalue weighted by molar-refractivity contribution is 7.19. The molecule has 0 aliphatic carbocycles. The lowest BCUT2D eigenvalue weighted by atomic mass is 10.2. The van der Waals surface area contributed by atoms with Crippen LogP contribution in [0.3, 0.4) is 0 Å². The largest absolute Gasteiger partial charge is 0.275 e. The van der Waals surface area contributed by atoms with Crippen LogP contribution in [0.5, 0.6) is 0 Å². The lowest BCUT2D eigenvalue weighted by Crippen LogP contribution is -1.93. The van der Waals surface area contributed by atoms with Crippen LogP contribution in [0, 0.1) is 17.5 Å². The Labute approximate surface area is 130 Å². The highest BCUT2D eigenvalue weighted by Crippen LogP contribution is 2.29. The van der Waals surface area contributed by atoms with E-state index in [4.69, 9.17) is 0 Å². The van der Waals surface area contributed by atoms with Crippen LogP contribution in [-0.2, 0) is 7.05 Å². The van der Waals surface area contributed by atoms with Gasteiger partial charge in [0.05, 0.1) is 11.8 Å². The maximum Gasteiger partial charge on any atom is 0.235 e. The molecule has 10 heteroatoms. The van der Waals surface area contributed by atoms with Gasteiger partial charge in [0, 0.05) is 18.8 Å². The number of hydrogen-bond acceptors (Lipinski definition) is 5. The Morgan fingerprint density at radius 2 is 1.78 bits per heavy atom. The number of nitrogens with zero attached hydrogens (tertiary/aromatic N) is 6. The summed E-state index contributed by atoms with van der Waals surface area (Å²) in [6.07, 6.45) is 3.35. The third-order valence-electron chi connectivity index (χ3n) is 3.18.